The van der Waals surface area contributed by atoms with E-state index < -0.39 is 6.29 Å². The van der Waals surface area contributed by atoms with Crippen LogP contribution >= 0.6 is 0 Å². The third kappa shape index (κ3) is 4.31. The van der Waals surface area contributed by atoms with Crippen molar-refractivity contribution >= 4 is 0 Å². The lowest BCUT2D eigenvalue weighted by Crippen LogP contribution is -2.28. The Bertz CT molecular complexity index is 68.5. The van der Waals surface area contributed by atoms with Gasteiger partial charge < -0.3 is 19.7 Å². The summed E-state index contributed by atoms with van der Waals surface area (Å²) in [6, 6.07) is 0. The van der Waals surface area contributed by atoms with Crippen LogP contribution in [0.15, 0.2) is 0 Å². The van der Waals surface area contributed by atoms with Crippen LogP contribution < -0.4 is 0 Å². The van der Waals surface area contributed by atoms with Crippen LogP contribution in [0.1, 0.15) is 13.3 Å². The molecule has 0 heterocycles. The first-order valence-electron chi connectivity index (χ1n) is 3.68. The molecule has 0 bridgehead atoms. The number of ether oxygens (including phenoxy) is 2. The standard InChI is InChI=1S/C7H16O4/c1-3-6(4-8)11-7(5-9)10-2/h6-9H,3-5H2,1-2H3/t6?,7-/m0/s1. The molecule has 0 radical (unpaired) electrons. The molecule has 2 N–H and O–H groups in total. The molecule has 1 unspecified atom stereocenters. The summed E-state index contributed by atoms with van der Waals surface area (Å²) in [6.45, 7) is 1.66. The van der Waals surface area contributed by atoms with Crippen molar-refractivity contribution in [1.29, 1.82) is 0 Å². The van der Waals surface area contributed by atoms with Crippen molar-refractivity contribution < 1.29 is 19.7 Å². The molecule has 4 heteroatoms. The zero-order chi connectivity index (χ0) is 8.69. The fourth-order valence-electron chi connectivity index (χ4n) is 0.656. The van der Waals surface area contributed by atoms with Crippen LogP contribution in [0.5, 0.6) is 0 Å². The molecule has 0 amide bonds. The number of hydrogen-bond acceptors (Lipinski definition) is 4. The first-order chi connectivity index (χ1) is 5.28. The zero-order valence-electron chi connectivity index (χ0n) is 6.99. The van der Waals surface area contributed by atoms with Gasteiger partial charge in [0.2, 0.25) is 0 Å². The Morgan fingerprint density at radius 1 is 1.27 bits per heavy atom. The molecule has 0 aliphatic carbocycles. The van der Waals surface area contributed by atoms with Gasteiger partial charge in [0.25, 0.3) is 0 Å². The third-order valence-corrected chi connectivity index (χ3v) is 1.42. The van der Waals surface area contributed by atoms with Gasteiger partial charge in [0.05, 0.1) is 19.3 Å². The van der Waals surface area contributed by atoms with Gasteiger partial charge in [-0.1, -0.05) is 6.92 Å². The fourth-order valence-corrected chi connectivity index (χ4v) is 0.656. The van der Waals surface area contributed by atoms with Gasteiger partial charge in [0.15, 0.2) is 6.29 Å². The summed E-state index contributed by atoms with van der Waals surface area (Å²) in [5, 5.41) is 17.3. The van der Waals surface area contributed by atoms with Gasteiger partial charge in [-0.3, -0.25) is 0 Å². The molecule has 4 nitrogen and oxygen atoms in total. The Morgan fingerprint density at radius 3 is 2.18 bits per heavy atom. The number of aliphatic hydroxyl groups is 2. The van der Waals surface area contributed by atoms with Crippen LogP contribution in [-0.4, -0.2) is 42.9 Å². The second-order valence-corrected chi connectivity index (χ2v) is 2.20. The van der Waals surface area contributed by atoms with E-state index in [9.17, 15) is 0 Å². The lowest BCUT2D eigenvalue weighted by molar-refractivity contribution is -0.181. The van der Waals surface area contributed by atoms with Crippen LogP contribution in [0.4, 0.5) is 0 Å². The van der Waals surface area contributed by atoms with Gasteiger partial charge >= 0.3 is 0 Å². The van der Waals surface area contributed by atoms with Crippen molar-refractivity contribution in [3.8, 4) is 0 Å². The van der Waals surface area contributed by atoms with Crippen molar-refractivity contribution in [3.05, 3.63) is 0 Å². The SMILES string of the molecule is CCC(CO)O[C@@H](CO)OC. The first-order valence-corrected chi connectivity index (χ1v) is 3.68. The monoisotopic (exact) mass is 164 g/mol. The third-order valence-electron chi connectivity index (χ3n) is 1.42. The quantitative estimate of drug-likeness (QED) is 0.531. The van der Waals surface area contributed by atoms with E-state index in [-0.39, 0.29) is 19.3 Å². The van der Waals surface area contributed by atoms with E-state index in [4.69, 9.17) is 19.7 Å². The summed E-state index contributed by atoms with van der Waals surface area (Å²) >= 11 is 0. The Balaban J connectivity index is 3.58. The van der Waals surface area contributed by atoms with E-state index in [1.54, 1.807) is 0 Å². The summed E-state index contributed by atoms with van der Waals surface area (Å²) in [4.78, 5) is 0. The maximum atomic E-state index is 8.70. The molecule has 0 aromatic rings. The van der Waals surface area contributed by atoms with Gasteiger partial charge in [-0.15, -0.1) is 0 Å². The van der Waals surface area contributed by atoms with Gasteiger partial charge in [-0.25, -0.2) is 0 Å². The summed E-state index contributed by atoms with van der Waals surface area (Å²) in [7, 11) is 1.45. The molecule has 0 saturated heterocycles. The Labute approximate surface area is 66.7 Å². The smallest absolute Gasteiger partial charge is 0.180 e. The Hall–Kier alpha value is -0.160. The number of aliphatic hydroxyl groups excluding tert-OH is 2. The van der Waals surface area contributed by atoms with Gasteiger partial charge in [0, 0.05) is 7.11 Å². The zero-order valence-corrected chi connectivity index (χ0v) is 6.99. The molecule has 11 heavy (non-hydrogen) atoms. The highest BCUT2D eigenvalue weighted by Crippen LogP contribution is 2.01. The maximum Gasteiger partial charge on any atom is 0.180 e. The van der Waals surface area contributed by atoms with E-state index in [1.807, 2.05) is 6.92 Å². The minimum Gasteiger partial charge on any atom is -0.394 e. The highest BCUT2D eigenvalue weighted by atomic mass is 16.7. The minimum absolute atomic E-state index is 0.0453. The van der Waals surface area contributed by atoms with Crippen molar-refractivity contribution in [2.24, 2.45) is 0 Å². The highest BCUT2D eigenvalue weighted by Gasteiger charge is 2.12. The van der Waals surface area contributed by atoms with Crippen LogP contribution in [0.2, 0.25) is 0 Å². The molecule has 0 saturated carbocycles. The van der Waals surface area contributed by atoms with Crippen molar-refractivity contribution in [2.45, 2.75) is 25.7 Å². The van der Waals surface area contributed by atoms with Gasteiger partial charge in [0.1, 0.15) is 0 Å². The summed E-state index contributed by atoms with van der Waals surface area (Å²) in [5.41, 5.74) is 0. The predicted octanol–water partition coefficient (Wildman–Crippen LogP) is -0.261. The Morgan fingerprint density at radius 2 is 1.91 bits per heavy atom. The lowest BCUT2D eigenvalue weighted by Gasteiger charge is -2.19. The van der Waals surface area contributed by atoms with Crippen molar-refractivity contribution in [2.75, 3.05) is 20.3 Å². The van der Waals surface area contributed by atoms with Crippen LogP contribution in [-0.2, 0) is 9.47 Å². The molecular formula is C7H16O4. The molecule has 0 aliphatic heterocycles. The van der Waals surface area contributed by atoms with Gasteiger partial charge in [-0.05, 0) is 6.42 Å². The number of hydrogen-bond donors (Lipinski definition) is 2. The number of methoxy groups -OCH3 is 1. The maximum absolute atomic E-state index is 8.70. The van der Waals surface area contributed by atoms with Crippen LogP contribution in [0.25, 0.3) is 0 Å². The Kier molecular flexibility index (Phi) is 6.45. The van der Waals surface area contributed by atoms with E-state index in [0.29, 0.717) is 6.42 Å². The predicted molar refractivity (Wildman–Crippen MR) is 40.1 cm³/mol. The lowest BCUT2D eigenvalue weighted by atomic mass is 10.3. The molecule has 0 fully saturated rings. The van der Waals surface area contributed by atoms with Crippen LogP contribution in [0, 0.1) is 0 Å². The minimum atomic E-state index is -0.618. The molecule has 0 aliphatic rings. The fraction of sp³-hybridized carbons (Fsp3) is 1.00. The average molecular weight is 164 g/mol. The molecular weight excluding hydrogens is 148 g/mol. The summed E-state index contributed by atoms with van der Waals surface area (Å²) in [5.74, 6) is 0. The largest absolute Gasteiger partial charge is 0.394 e. The van der Waals surface area contributed by atoms with Crippen molar-refractivity contribution in [3.63, 3.8) is 0 Å². The average Bonchev–Trinajstić information content (AvgIpc) is 2.07. The van der Waals surface area contributed by atoms with E-state index >= 15 is 0 Å². The summed E-state index contributed by atoms with van der Waals surface area (Å²) in [6.07, 6.45) is -0.157. The molecule has 0 rings (SSSR count). The molecule has 0 aromatic carbocycles. The van der Waals surface area contributed by atoms with E-state index in [2.05, 4.69) is 0 Å². The van der Waals surface area contributed by atoms with E-state index in [0.717, 1.165) is 0 Å². The van der Waals surface area contributed by atoms with Crippen molar-refractivity contribution in [1.82, 2.24) is 0 Å². The molecule has 2 atom stereocenters. The summed E-state index contributed by atoms with van der Waals surface area (Å²) < 4.78 is 9.88. The van der Waals surface area contributed by atoms with Gasteiger partial charge in [-0.2, -0.15) is 0 Å². The van der Waals surface area contributed by atoms with E-state index in [1.165, 1.54) is 7.11 Å². The highest BCUT2D eigenvalue weighted by molar-refractivity contribution is 4.53. The molecule has 68 valence electrons. The van der Waals surface area contributed by atoms with Crippen LogP contribution in [0.3, 0.4) is 0 Å². The molecule has 0 aromatic heterocycles. The first kappa shape index (κ1) is 10.8. The normalized spacial score (nSPS) is 16.4. The number of rotatable bonds is 6. The topological polar surface area (TPSA) is 58.9 Å². The second-order valence-electron chi connectivity index (χ2n) is 2.20. The second kappa shape index (κ2) is 6.54. The molecule has 0 spiro atoms.